The molecule has 11 atom stereocenters. The highest BCUT2D eigenvalue weighted by Crippen LogP contribution is 2.64. The number of esters is 3. The molecule has 5 N–H and O–H groups in total. The molecule has 5 rings (SSSR count). The van der Waals surface area contributed by atoms with Crippen molar-refractivity contribution in [3.63, 3.8) is 0 Å². The molecule has 1 aromatic carbocycles. The average Bonchev–Trinajstić information content (AvgIpc) is 3.10. The van der Waals surface area contributed by atoms with Crippen LogP contribution in [0.1, 0.15) is 93.7 Å². The third kappa shape index (κ3) is 7.06. The summed E-state index contributed by atoms with van der Waals surface area (Å²) in [6.45, 7) is 14.9. The van der Waals surface area contributed by atoms with Crippen LogP contribution in [-0.2, 0) is 42.9 Å². The number of hydrogen-bond donors (Lipinski definition) is 5. The molecular weight excluding hydrogens is 730 g/mol. The fourth-order valence-corrected chi connectivity index (χ4v) is 9.13. The van der Waals surface area contributed by atoms with Gasteiger partial charge in [0, 0.05) is 30.8 Å². The summed E-state index contributed by atoms with van der Waals surface area (Å²) in [5.41, 5.74) is -7.97. The van der Waals surface area contributed by atoms with Crippen molar-refractivity contribution in [2.24, 2.45) is 16.7 Å². The van der Waals surface area contributed by atoms with Gasteiger partial charge in [0.2, 0.25) is 0 Å². The smallest absolute Gasteiger partial charge is 0.408 e. The predicted molar refractivity (Wildman–Crippen MR) is 197 cm³/mol. The normalized spacial score (nSPS) is 34.9. The van der Waals surface area contributed by atoms with Crippen LogP contribution in [0.25, 0.3) is 0 Å². The Labute approximate surface area is 326 Å². The number of allylic oxidation sites excluding steroid dienone is 1. The number of aliphatic hydroxyl groups is 4. The first-order valence-electron chi connectivity index (χ1n) is 18.8. The molecule has 308 valence electrons. The van der Waals surface area contributed by atoms with E-state index in [4.69, 9.17) is 23.7 Å². The van der Waals surface area contributed by atoms with Crippen molar-refractivity contribution >= 4 is 29.8 Å². The van der Waals surface area contributed by atoms with Crippen LogP contribution in [0.4, 0.5) is 4.79 Å². The van der Waals surface area contributed by atoms with Gasteiger partial charge in [0.05, 0.1) is 30.1 Å². The van der Waals surface area contributed by atoms with Crippen molar-refractivity contribution in [1.29, 1.82) is 0 Å². The topological polar surface area (TPSA) is 224 Å². The zero-order valence-corrected chi connectivity index (χ0v) is 33.6. The maximum Gasteiger partial charge on any atom is 0.408 e. The van der Waals surface area contributed by atoms with Gasteiger partial charge in [-0.2, -0.15) is 0 Å². The Morgan fingerprint density at radius 2 is 1.66 bits per heavy atom. The van der Waals surface area contributed by atoms with Gasteiger partial charge in [-0.05, 0) is 65.2 Å². The third-order valence-corrected chi connectivity index (χ3v) is 12.3. The summed E-state index contributed by atoms with van der Waals surface area (Å²) in [6, 6.07) is 6.78. The second-order valence-electron chi connectivity index (χ2n) is 17.2. The highest BCUT2D eigenvalue weighted by atomic mass is 16.6. The average molecular weight is 786 g/mol. The molecule has 3 fully saturated rings. The molecule has 3 aliphatic carbocycles. The Kier molecular flexibility index (Phi) is 11.5. The summed E-state index contributed by atoms with van der Waals surface area (Å²) >= 11 is 0. The zero-order valence-electron chi connectivity index (χ0n) is 33.6. The van der Waals surface area contributed by atoms with Crippen LogP contribution in [0, 0.1) is 16.7 Å². The lowest BCUT2D eigenvalue weighted by Crippen LogP contribution is -2.81. The van der Waals surface area contributed by atoms with Crippen LogP contribution >= 0.6 is 0 Å². The number of hydrogen-bond acceptors (Lipinski definition) is 14. The molecule has 15 nitrogen and oxygen atoms in total. The minimum atomic E-state index is -2.33. The van der Waals surface area contributed by atoms with E-state index in [0.717, 1.165) is 6.92 Å². The van der Waals surface area contributed by atoms with Crippen LogP contribution < -0.4 is 5.32 Å². The van der Waals surface area contributed by atoms with Crippen LogP contribution in [0.5, 0.6) is 0 Å². The maximum atomic E-state index is 14.9. The molecule has 2 saturated carbocycles. The van der Waals surface area contributed by atoms with E-state index in [9.17, 15) is 44.4 Å². The summed E-state index contributed by atoms with van der Waals surface area (Å²) in [4.78, 5) is 68.3. The summed E-state index contributed by atoms with van der Waals surface area (Å²) in [6.07, 6.45) is -9.87. The molecule has 11 unspecified atom stereocenters. The second-order valence-corrected chi connectivity index (χ2v) is 17.2. The van der Waals surface area contributed by atoms with Gasteiger partial charge in [0.1, 0.15) is 35.6 Å². The summed E-state index contributed by atoms with van der Waals surface area (Å²) < 4.78 is 29.3. The molecular formula is C41H55NO14. The SMILES string of the molecule is CC=C(C)C(=O)OC1C2C3(OC(C)=O)COC3CC(O)C2(C)C(=O)C(O)C2=C(C)C(OC(=O)C(O)C(NC(=O)OC(C)(C)C)c3ccccc3)CC1(O)C2(C)C. The number of amides is 1. The molecule has 0 aromatic heterocycles. The van der Waals surface area contributed by atoms with Gasteiger partial charge in [-0.15, -0.1) is 0 Å². The van der Waals surface area contributed by atoms with Crippen molar-refractivity contribution in [1.82, 2.24) is 5.32 Å². The minimum Gasteiger partial charge on any atom is -0.456 e. The van der Waals surface area contributed by atoms with Gasteiger partial charge in [-0.25, -0.2) is 14.4 Å². The molecule has 56 heavy (non-hydrogen) atoms. The Balaban J connectivity index is 1.66. The fraction of sp³-hybridized carbons (Fsp3) is 0.634. The molecule has 4 aliphatic rings. The molecule has 1 aliphatic heterocycles. The second kappa shape index (κ2) is 15.0. The third-order valence-electron chi connectivity index (χ3n) is 12.3. The lowest BCUT2D eigenvalue weighted by atomic mass is 9.44. The van der Waals surface area contributed by atoms with Gasteiger partial charge < -0.3 is 49.4 Å². The van der Waals surface area contributed by atoms with Crippen LogP contribution in [0.15, 0.2) is 53.1 Å². The summed E-state index contributed by atoms with van der Waals surface area (Å²) in [7, 11) is 0. The first-order valence-corrected chi connectivity index (χ1v) is 18.8. The highest BCUT2D eigenvalue weighted by molar-refractivity contribution is 5.94. The predicted octanol–water partition coefficient (Wildman–Crippen LogP) is 2.91. The molecule has 0 spiro atoms. The van der Waals surface area contributed by atoms with Gasteiger partial charge in [0.25, 0.3) is 0 Å². The molecule has 1 amide bonds. The van der Waals surface area contributed by atoms with Gasteiger partial charge in [-0.1, -0.05) is 50.3 Å². The van der Waals surface area contributed by atoms with E-state index in [1.54, 1.807) is 71.9 Å². The molecule has 1 saturated heterocycles. The number of carbonyl (C=O) groups is 5. The van der Waals surface area contributed by atoms with E-state index in [-0.39, 0.29) is 29.7 Å². The standard InChI is InChI=1S/C41H55NO14/c1-11-20(2)34(48)54-33-31-39(10,25(44)17-26-40(31,19-52-26)55-22(4)43)32(47)29(45)27-21(3)24(18-41(33,51)38(27,8)9)53-35(49)30(46)28(23-15-13-12-14-16-23)42-36(50)56-37(5,6)7/h11-16,24-26,28-31,33,44-46,51H,17-19H2,1-10H3,(H,42,50). The number of fused-ring (bicyclic) bond motifs is 5. The quantitative estimate of drug-likeness (QED) is 0.111. The number of Topliss-reactive ketones (excluding diaryl/α,β-unsaturated/α-hetero) is 1. The van der Waals surface area contributed by atoms with Crippen molar-refractivity contribution in [2.45, 2.75) is 142 Å². The summed E-state index contributed by atoms with van der Waals surface area (Å²) in [5.74, 6) is -5.29. The van der Waals surface area contributed by atoms with E-state index in [2.05, 4.69) is 5.32 Å². The van der Waals surface area contributed by atoms with Crippen molar-refractivity contribution in [2.75, 3.05) is 6.61 Å². The van der Waals surface area contributed by atoms with E-state index in [1.165, 1.54) is 26.8 Å². The Morgan fingerprint density at radius 1 is 1.04 bits per heavy atom. The Bertz CT molecular complexity index is 1810. The van der Waals surface area contributed by atoms with Gasteiger partial charge in [-0.3, -0.25) is 9.59 Å². The Hall–Kier alpha value is -4.15. The van der Waals surface area contributed by atoms with E-state index in [0.29, 0.717) is 5.56 Å². The first-order chi connectivity index (χ1) is 25.9. The largest absolute Gasteiger partial charge is 0.456 e. The van der Waals surface area contributed by atoms with Crippen LogP contribution in [0.2, 0.25) is 0 Å². The van der Waals surface area contributed by atoms with Gasteiger partial charge in [0.15, 0.2) is 17.5 Å². The van der Waals surface area contributed by atoms with E-state index >= 15 is 0 Å². The van der Waals surface area contributed by atoms with Crippen LogP contribution in [0.3, 0.4) is 0 Å². The zero-order chi connectivity index (χ0) is 41.9. The lowest BCUT2D eigenvalue weighted by Gasteiger charge is -2.67. The number of alkyl carbamates (subject to hydrolysis) is 1. The highest BCUT2D eigenvalue weighted by Gasteiger charge is 2.78. The molecule has 1 aromatic rings. The van der Waals surface area contributed by atoms with Crippen molar-refractivity contribution < 1.29 is 68.1 Å². The van der Waals surface area contributed by atoms with Crippen molar-refractivity contribution in [3.8, 4) is 0 Å². The number of aliphatic hydroxyl groups excluding tert-OH is 3. The minimum absolute atomic E-state index is 0.0563. The number of carbonyl (C=O) groups excluding carboxylic acids is 5. The number of ether oxygens (including phenoxy) is 5. The number of ketones is 1. The molecule has 15 heteroatoms. The van der Waals surface area contributed by atoms with Crippen molar-refractivity contribution in [3.05, 3.63) is 58.7 Å². The molecule has 2 bridgehead atoms. The number of rotatable bonds is 8. The lowest BCUT2D eigenvalue weighted by molar-refractivity contribution is -0.347. The van der Waals surface area contributed by atoms with E-state index in [1.807, 2.05) is 0 Å². The Morgan fingerprint density at radius 3 is 2.20 bits per heavy atom. The van der Waals surface area contributed by atoms with Gasteiger partial charge >= 0.3 is 24.0 Å². The first kappa shape index (κ1) is 43.0. The maximum absolute atomic E-state index is 14.9. The molecule has 1 heterocycles. The molecule has 0 radical (unpaired) electrons. The monoisotopic (exact) mass is 785 g/mol. The van der Waals surface area contributed by atoms with E-state index < -0.39 is 112 Å². The van der Waals surface area contributed by atoms with Crippen LogP contribution in [-0.4, -0.2) is 110 Å². The fourth-order valence-electron chi connectivity index (χ4n) is 9.13. The summed E-state index contributed by atoms with van der Waals surface area (Å²) in [5, 5.41) is 51.3. The number of nitrogens with one attached hydrogen (secondary N) is 1. The number of benzene rings is 1.